The van der Waals surface area contributed by atoms with E-state index in [2.05, 4.69) is 15.0 Å². The topological polar surface area (TPSA) is 116 Å². The quantitative estimate of drug-likeness (QED) is 0.539. The number of H-pyrrole nitrogens is 1. The molecular weight excluding hydrogens is 404 g/mol. The molecule has 0 saturated carbocycles. The molecule has 0 fully saturated rings. The number of hydrogen-bond donors (Lipinski definition) is 2. The number of aryl methyl sites for hydroxylation is 1. The number of unbranched alkanes of at least 4 members (excludes halogenated alkanes) is 1. The summed E-state index contributed by atoms with van der Waals surface area (Å²) in [6.45, 7) is 3.82. The number of nitrogens with zero attached hydrogens (tertiary/aromatic N) is 3. The highest BCUT2D eigenvalue weighted by atomic mass is 32.2. The molecule has 1 aromatic carbocycles. The summed E-state index contributed by atoms with van der Waals surface area (Å²) in [5.74, 6) is -0.334. The van der Waals surface area contributed by atoms with Gasteiger partial charge in [-0.2, -0.15) is 4.31 Å². The van der Waals surface area contributed by atoms with Crippen molar-refractivity contribution in [2.45, 2.75) is 50.5 Å². The minimum Gasteiger partial charge on any atom is -0.480 e. The second-order valence-corrected chi connectivity index (χ2v) is 9.31. The van der Waals surface area contributed by atoms with E-state index in [0.29, 0.717) is 12.8 Å². The number of pyridine rings is 1. The van der Waals surface area contributed by atoms with E-state index < -0.39 is 22.0 Å². The molecule has 0 spiro atoms. The van der Waals surface area contributed by atoms with Gasteiger partial charge in [-0.1, -0.05) is 31.9 Å². The van der Waals surface area contributed by atoms with Crippen molar-refractivity contribution in [3.05, 3.63) is 53.6 Å². The monoisotopic (exact) mass is 430 g/mol. The molecule has 0 aliphatic rings. The van der Waals surface area contributed by atoms with Crippen molar-refractivity contribution >= 4 is 27.0 Å². The summed E-state index contributed by atoms with van der Waals surface area (Å²) in [4.78, 5) is 23.7. The number of aliphatic carboxylic acids is 1. The van der Waals surface area contributed by atoms with Crippen LogP contribution in [0.2, 0.25) is 0 Å². The number of carboxylic acid groups (broad SMARTS) is 1. The van der Waals surface area contributed by atoms with Crippen molar-refractivity contribution in [3.63, 3.8) is 0 Å². The Kier molecular flexibility index (Phi) is 6.52. The van der Waals surface area contributed by atoms with Crippen molar-refractivity contribution in [2.75, 3.05) is 7.05 Å². The molecule has 9 heteroatoms. The van der Waals surface area contributed by atoms with Gasteiger partial charge in [-0.3, -0.25) is 9.78 Å². The van der Waals surface area contributed by atoms with Crippen LogP contribution >= 0.6 is 0 Å². The van der Waals surface area contributed by atoms with E-state index >= 15 is 0 Å². The highest BCUT2D eigenvalue weighted by Crippen LogP contribution is 2.22. The number of benzene rings is 1. The molecule has 0 aliphatic carbocycles. The Morgan fingerprint density at radius 3 is 2.57 bits per heavy atom. The third-order valence-electron chi connectivity index (χ3n) is 5.12. The SMILES string of the molecule is CCCC[C@@H](C(=O)O)N(C)S(=O)(=O)c1ccc(Cc2nccc3[nH]c(C)nc23)cc1. The highest BCUT2D eigenvalue weighted by Gasteiger charge is 2.32. The number of aromatic amines is 1. The predicted octanol–water partition coefficient (Wildman–Crippen LogP) is 3.12. The number of hydrogen-bond acceptors (Lipinski definition) is 5. The number of carbonyl (C=O) groups is 1. The Balaban J connectivity index is 1.82. The summed E-state index contributed by atoms with van der Waals surface area (Å²) in [5.41, 5.74) is 3.39. The number of fused-ring (bicyclic) bond motifs is 1. The van der Waals surface area contributed by atoms with Gasteiger partial charge in [0.15, 0.2) is 0 Å². The number of rotatable bonds is 9. The molecule has 0 amide bonds. The van der Waals surface area contributed by atoms with E-state index in [1.54, 1.807) is 18.3 Å². The minimum absolute atomic E-state index is 0.0679. The van der Waals surface area contributed by atoms with Crippen LogP contribution in [-0.4, -0.2) is 51.8 Å². The van der Waals surface area contributed by atoms with Crippen LogP contribution in [-0.2, 0) is 21.2 Å². The van der Waals surface area contributed by atoms with Gasteiger partial charge in [0.1, 0.15) is 17.4 Å². The maximum Gasteiger partial charge on any atom is 0.322 e. The van der Waals surface area contributed by atoms with Crippen LogP contribution in [0, 0.1) is 6.92 Å². The smallest absolute Gasteiger partial charge is 0.322 e. The van der Waals surface area contributed by atoms with Crippen LogP contribution in [0.1, 0.15) is 43.3 Å². The normalized spacial score (nSPS) is 13.1. The molecular formula is C21H26N4O4S. The van der Waals surface area contributed by atoms with Gasteiger partial charge in [-0.25, -0.2) is 13.4 Å². The van der Waals surface area contributed by atoms with Crippen LogP contribution in [0.4, 0.5) is 0 Å². The van der Waals surface area contributed by atoms with E-state index in [0.717, 1.165) is 38.8 Å². The Bertz CT molecular complexity index is 1140. The lowest BCUT2D eigenvalue weighted by Gasteiger charge is -2.24. The van der Waals surface area contributed by atoms with Gasteiger partial charge in [0.05, 0.1) is 16.1 Å². The van der Waals surface area contributed by atoms with Crippen LogP contribution in [0.15, 0.2) is 41.4 Å². The third kappa shape index (κ3) is 4.52. The fourth-order valence-electron chi connectivity index (χ4n) is 3.41. The van der Waals surface area contributed by atoms with Gasteiger partial charge in [-0.15, -0.1) is 0 Å². The average molecular weight is 431 g/mol. The van der Waals surface area contributed by atoms with Crippen molar-refractivity contribution < 1.29 is 18.3 Å². The number of carboxylic acids is 1. The standard InChI is InChI=1S/C21H26N4O4S/c1-4-5-6-19(21(26)27)25(3)30(28,29)16-9-7-15(8-10-16)13-18-20-17(11-12-22-18)23-14(2)24-20/h7-12,19H,4-6,13H2,1-3H3,(H,23,24)(H,26,27)/t19-/m0/s1. The molecule has 0 saturated heterocycles. The van der Waals surface area contributed by atoms with E-state index in [-0.39, 0.29) is 11.3 Å². The van der Waals surface area contributed by atoms with Gasteiger partial charge in [0, 0.05) is 19.7 Å². The van der Waals surface area contributed by atoms with Gasteiger partial charge in [0.2, 0.25) is 10.0 Å². The molecule has 1 atom stereocenters. The van der Waals surface area contributed by atoms with E-state index in [4.69, 9.17) is 0 Å². The maximum absolute atomic E-state index is 12.9. The van der Waals surface area contributed by atoms with Crippen LogP contribution in [0.3, 0.4) is 0 Å². The summed E-state index contributed by atoms with van der Waals surface area (Å²) in [6.07, 6.45) is 3.93. The van der Waals surface area contributed by atoms with Crippen molar-refractivity contribution in [3.8, 4) is 0 Å². The molecule has 0 radical (unpaired) electrons. The molecule has 0 aliphatic heterocycles. The molecule has 0 bridgehead atoms. The zero-order valence-electron chi connectivity index (χ0n) is 17.3. The lowest BCUT2D eigenvalue weighted by atomic mass is 10.1. The van der Waals surface area contributed by atoms with Crippen molar-refractivity contribution in [1.82, 2.24) is 19.3 Å². The first-order valence-corrected chi connectivity index (χ1v) is 11.3. The lowest BCUT2D eigenvalue weighted by molar-refractivity contribution is -0.141. The largest absolute Gasteiger partial charge is 0.480 e. The molecule has 0 unspecified atom stereocenters. The van der Waals surface area contributed by atoms with E-state index in [9.17, 15) is 18.3 Å². The first kappa shape index (κ1) is 21.9. The molecule has 3 aromatic rings. The van der Waals surface area contributed by atoms with Gasteiger partial charge < -0.3 is 10.1 Å². The fourth-order valence-corrected chi connectivity index (χ4v) is 4.75. The highest BCUT2D eigenvalue weighted by molar-refractivity contribution is 7.89. The molecule has 2 N–H and O–H groups in total. The minimum atomic E-state index is -3.92. The van der Waals surface area contributed by atoms with Crippen LogP contribution in [0.25, 0.3) is 11.0 Å². The number of nitrogens with one attached hydrogen (secondary N) is 1. The number of sulfonamides is 1. The molecule has 2 aromatic heterocycles. The van der Waals surface area contributed by atoms with Crippen molar-refractivity contribution in [1.29, 1.82) is 0 Å². The molecule has 3 rings (SSSR count). The molecule has 2 heterocycles. The number of likely N-dealkylation sites (N-methyl/N-ethyl adjacent to an activating group) is 1. The van der Waals surface area contributed by atoms with Gasteiger partial charge in [-0.05, 0) is 37.1 Å². The summed E-state index contributed by atoms with van der Waals surface area (Å²) in [5, 5.41) is 9.46. The summed E-state index contributed by atoms with van der Waals surface area (Å²) in [7, 11) is -2.59. The summed E-state index contributed by atoms with van der Waals surface area (Å²) < 4.78 is 26.8. The molecule has 160 valence electrons. The second kappa shape index (κ2) is 8.93. The molecule has 8 nitrogen and oxygen atoms in total. The zero-order chi connectivity index (χ0) is 21.9. The Hall–Kier alpha value is -2.78. The number of aromatic nitrogens is 3. The van der Waals surface area contributed by atoms with Crippen LogP contribution in [0.5, 0.6) is 0 Å². The Labute approximate surface area is 176 Å². The number of imidazole rings is 1. The third-order valence-corrected chi connectivity index (χ3v) is 7.00. The van der Waals surface area contributed by atoms with Gasteiger partial charge in [0.25, 0.3) is 0 Å². The second-order valence-electron chi connectivity index (χ2n) is 7.31. The lowest BCUT2D eigenvalue weighted by Crippen LogP contribution is -2.42. The first-order chi connectivity index (χ1) is 14.2. The van der Waals surface area contributed by atoms with E-state index in [1.807, 2.05) is 19.9 Å². The van der Waals surface area contributed by atoms with Crippen molar-refractivity contribution in [2.24, 2.45) is 0 Å². The Morgan fingerprint density at radius 1 is 1.23 bits per heavy atom. The summed E-state index contributed by atoms with van der Waals surface area (Å²) in [6, 6.07) is 7.25. The van der Waals surface area contributed by atoms with Gasteiger partial charge >= 0.3 is 5.97 Å². The summed E-state index contributed by atoms with van der Waals surface area (Å²) >= 11 is 0. The van der Waals surface area contributed by atoms with E-state index in [1.165, 1.54) is 19.2 Å². The zero-order valence-corrected chi connectivity index (χ0v) is 18.1. The predicted molar refractivity (Wildman–Crippen MR) is 114 cm³/mol. The first-order valence-electron chi connectivity index (χ1n) is 9.84. The molecule has 30 heavy (non-hydrogen) atoms. The Morgan fingerprint density at radius 2 is 1.93 bits per heavy atom. The maximum atomic E-state index is 12.9. The average Bonchev–Trinajstić information content (AvgIpc) is 3.09. The van der Waals surface area contributed by atoms with Crippen LogP contribution < -0.4 is 0 Å². The fraction of sp³-hybridized carbons (Fsp3) is 0.381.